The fourth-order valence-corrected chi connectivity index (χ4v) is 3.82. The van der Waals surface area contributed by atoms with E-state index in [9.17, 15) is 19.5 Å². The molecule has 0 heterocycles. The first kappa shape index (κ1) is 17.9. The van der Waals surface area contributed by atoms with Crippen LogP contribution in [-0.2, 0) is 16.0 Å². The fourth-order valence-electron chi connectivity index (χ4n) is 3.82. The Balaban J connectivity index is 1.72. The van der Waals surface area contributed by atoms with Gasteiger partial charge in [-0.05, 0) is 29.2 Å². The molecule has 3 N–H and O–H groups in total. The molecule has 1 unspecified atom stereocenters. The van der Waals surface area contributed by atoms with E-state index in [-0.39, 0.29) is 35.8 Å². The van der Waals surface area contributed by atoms with E-state index < -0.39 is 11.8 Å². The van der Waals surface area contributed by atoms with Crippen LogP contribution < -0.4 is 5.32 Å². The smallest absolute Gasteiger partial charge is 0.256 e. The predicted octanol–water partition coefficient (Wildman–Crippen LogP) is 2.39. The van der Waals surface area contributed by atoms with Crippen molar-refractivity contribution in [2.24, 2.45) is 5.92 Å². The minimum absolute atomic E-state index is 0.0939. The molecular weight excluding hydrogens is 356 g/mol. The molecule has 3 aliphatic rings. The van der Waals surface area contributed by atoms with Gasteiger partial charge in [0.25, 0.3) is 5.91 Å². The number of rotatable bonds is 4. The van der Waals surface area contributed by atoms with Crippen molar-refractivity contribution in [3.63, 3.8) is 0 Å². The Labute approximate surface area is 161 Å². The minimum Gasteiger partial charge on any atom is -0.510 e. The quantitative estimate of drug-likeness (QED) is 0.555. The highest BCUT2D eigenvalue weighted by Gasteiger charge is 2.36. The second-order valence-corrected chi connectivity index (χ2v) is 6.92. The molecule has 4 rings (SSSR count). The van der Waals surface area contributed by atoms with Gasteiger partial charge in [0.15, 0.2) is 5.78 Å². The third-order valence-corrected chi connectivity index (χ3v) is 5.17. The van der Waals surface area contributed by atoms with Gasteiger partial charge in [-0.3, -0.25) is 15.0 Å². The highest BCUT2D eigenvalue weighted by Crippen LogP contribution is 2.40. The SMILES string of the molecule is N=C1C=C2C=C3Cc4ccccc4C(=O)C3=CC2C(O)=C1C(=O)NCCC=O. The Kier molecular flexibility index (Phi) is 4.39. The molecule has 0 saturated carbocycles. The second kappa shape index (κ2) is 6.88. The lowest BCUT2D eigenvalue weighted by Crippen LogP contribution is -2.33. The van der Waals surface area contributed by atoms with Crippen LogP contribution in [0, 0.1) is 11.3 Å². The van der Waals surface area contributed by atoms with Gasteiger partial charge in [0.1, 0.15) is 17.6 Å². The number of allylic oxidation sites excluding steroid dienone is 5. The summed E-state index contributed by atoms with van der Waals surface area (Å²) in [6.07, 6.45) is 6.50. The summed E-state index contributed by atoms with van der Waals surface area (Å²) in [7, 11) is 0. The number of hydrogen-bond donors (Lipinski definition) is 3. The van der Waals surface area contributed by atoms with E-state index in [1.807, 2.05) is 24.3 Å². The molecule has 3 aliphatic carbocycles. The monoisotopic (exact) mass is 374 g/mol. The van der Waals surface area contributed by atoms with Gasteiger partial charge in [-0.15, -0.1) is 0 Å². The number of ketones is 1. The molecule has 0 radical (unpaired) electrons. The van der Waals surface area contributed by atoms with Gasteiger partial charge in [0, 0.05) is 24.1 Å². The zero-order chi connectivity index (χ0) is 19.8. The van der Waals surface area contributed by atoms with Gasteiger partial charge >= 0.3 is 0 Å². The van der Waals surface area contributed by atoms with E-state index in [1.54, 1.807) is 18.2 Å². The molecule has 1 aromatic carbocycles. The van der Waals surface area contributed by atoms with Crippen molar-refractivity contribution in [1.29, 1.82) is 5.41 Å². The van der Waals surface area contributed by atoms with Crippen molar-refractivity contribution in [2.75, 3.05) is 6.54 Å². The zero-order valence-electron chi connectivity index (χ0n) is 15.0. The Morgan fingerprint density at radius 2 is 2.07 bits per heavy atom. The summed E-state index contributed by atoms with van der Waals surface area (Å²) in [5, 5.41) is 21.4. The topological polar surface area (TPSA) is 107 Å². The molecular formula is C22H18N2O4. The van der Waals surface area contributed by atoms with Crippen LogP contribution in [0.4, 0.5) is 0 Å². The molecule has 6 nitrogen and oxygen atoms in total. The van der Waals surface area contributed by atoms with Gasteiger partial charge in [0.05, 0.1) is 11.6 Å². The summed E-state index contributed by atoms with van der Waals surface area (Å²) in [4.78, 5) is 35.7. The largest absolute Gasteiger partial charge is 0.510 e. The van der Waals surface area contributed by atoms with E-state index in [1.165, 1.54) is 0 Å². The lowest BCUT2D eigenvalue weighted by molar-refractivity contribution is -0.117. The van der Waals surface area contributed by atoms with E-state index in [0.717, 1.165) is 11.1 Å². The van der Waals surface area contributed by atoms with Crippen molar-refractivity contribution in [3.8, 4) is 0 Å². The number of aliphatic hydroxyl groups is 1. The van der Waals surface area contributed by atoms with E-state index in [4.69, 9.17) is 5.41 Å². The highest BCUT2D eigenvalue weighted by molar-refractivity contribution is 6.26. The third kappa shape index (κ3) is 2.83. The fraction of sp³-hybridized carbons (Fsp3) is 0.182. The summed E-state index contributed by atoms with van der Waals surface area (Å²) < 4.78 is 0. The Morgan fingerprint density at radius 1 is 1.29 bits per heavy atom. The van der Waals surface area contributed by atoms with Crippen molar-refractivity contribution in [1.82, 2.24) is 5.32 Å². The lowest BCUT2D eigenvalue weighted by atomic mass is 9.73. The molecule has 0 aliphatic heterocycles. The van der Waals surface area contributed by atoms with Gasteiger partial charge in [-0.2, -0.15) is 0 Å². The Morgan fingerprint density at radius 3 is 2.86 bits per heavy atom. The maximum Gasteiger partial charge on any atom is 0.256 e. The molecule has 0 saturated heterocycles. The average molecular weight is 374 g/mol. The molecule has 0 bridgehead atoms. The van der Waals surface area contributed by atoms with Crippen molar-refractivity contribution in [3.05, 3.63) is 81.7 Å². The predicted molar refractivity (Wildman–Crippen MR) is 103 cm³/mol. The number of carbonyl (C=O) groups excluding carboxylic acids is 3. The number of fused-ring (bicyclic) bond motifs is 3. The molecule has 140 valence electrons. The number of benzene rings is 1. The van der Waals surface area contributed by atoms with Crippen LogP contribution in [-0.4, -0.2) is 35.3 Å². The van der Waals surface area contributed by atoms with Gasteiger partial charge in [0.2, 0.25) is 0 Å². The van der Waals surface area contributed by atoms with Gasteiger partial charge < -0.3 is 15.2 Å². The first-order valence-electron chi connectivity index (χ1n) is 9.02. The maximum atomic E-state index is 12.9. The van der Waals surface area contributed by atoms with Crippen LogP contribution in [0.3, 0.4) is 0 Å². The summed E-state index contributed by atoms with van der Waals surface area (Å²) in [5.74, 6) is -1.60. The van der Waals surface area contributed by atoms with E-state index in [2.05, 4.69) is 5.32 Å². The van der Waals surface area contributed by atoms with Crippen LogP contribution in [0.5, 0.6) is 0 Å². The summed E-state index contributed by atoms with van der Waals surface area (Å²) in [6.45, 7) is 0.133. The number of hydrogen-bond acceptors (Lipinski definition) is 5. The minimum atomic E-state index is -0.645. The molecule has 6 heteroatoms. The van der Waals surface area contributed by atoms with Gasteiger partial charge in [-0.1, -0.05) is 36.4 Å². The number of aldehydes is 1. The van der Waals surface area contributed by atoms with Crippen LogP contribution in [0.25, 0.3) is 0 Å². The van der Waals surface area contributed by atoms with E-state index in [0.29, 0.717) is 29.4 Å². The molecule has 0 spiro atoms. The standard InChI is InChI=1S/C22H18N2O4/c23-18-10-14-9-13-8-12-4-1-2-5-15(12)20(26)16(13)11-17(14)21(27)19(18)22(28)24-6-3-7-25/h1-2,4-5,7,9-11,17,23,27H,3,6,8H2,(H,24,28). The van der Waals surface area contributed by atoms with Crippen molar-refractivity contribution >= 4 is 23.7 Å². The Hall–Kier alpha value is -3.54. The Bertz CT molecular complexity index is 1060. The summed E-state index contributed by atoms with van der Waals surface area (Å²) >= 11 is 0. The maximum absolute atomic E-state index is 12.9. The summed E-state index contributed by atoms with van der Waals surface area (Å²) in [5.41, 5.74) is 3.44. The first-order valence-corrected chi connectivity index (χ1v) is 9.02. The van der Waals surface area contributed by atoms with Crippen molar-refractivity contribution in [2.45, 2.75) is 12.8 Å². The first-order chi connectivity index (χ1) is 13.5. The molecule has 28 heavy (non-hydrogen) atoms. The highest BCUT2D eigenvalue weighted by atomic mass is 16.3. The average Bonchev–Trinajstić information content (AvgIpc) is 2.67. The number of nitrogens with one attached hydrogen (secondary N) is 2. The molecule has 0 fully saturated rings. The number of carbonyl (C=O) groups is 3. The van der Waals surface area contributed by atoms with Crippen LogP contribution in [0.2, 0.25) is 0 Å². The van der Waals surface area contributed by atoms with Crippen LogP contribution in [0.15, 0.2) is 70.5 Å². The lowest BCUT2D eigenvalue weighted by Gasteiger charge is -2.30. The van der Waals surface area contributed by atoms with Gasteiger partial charge in [-0.25, -0.2) is 0 Å². The van der Waals surface area contributed by atoms with Crippen LogP contribution >= 0.6 is 0 Å². The number of aliphatic hydroxyl groups excluding tert-OH is 1. The summed E-state index contributed by atoms with van der Waals surface area (Å²) in [6, 6.07) is 7.43. The normalized spacial score (nSPS) is 20.3. The second-order valence-electron chi connectivity index (χ2n) is 6.92. The molecule has 0 aromatic heterocycles. The molecule has 1 aromatic rings. The zero-order valence-corrected chi connectivity index (χ0v) is 15.0. The molecule has 1 amide bonds. The third-order valence-electron chi connectivity index (χ3n) is 5.17. The van der Waals surface area contributed by atoms with E-state index >= 15 is 0 Å². The number of amides is 1. The van der Waals surface area contributed by atoms with Crippen LogP contribution in [0.1, 0.15) is 22.3 Å². The number of Topliss-reactive ketones (excluding diaryl/α,β-unsaturated/α-hetero) is 1. The van der Waals surface area contributed by atoms with Crippen molar-refractivity contribution < 1.29 is 19.5 Å². The molecule has 1 atom stereocenters.